The molecular weight excluding hydrogens is 290 g/mol. The van der Waals surface area contributed by atoms with Gasteiger partial charge in [0.25, 0.3) is 0 Å². The monoisotopic (exact) mass is 293 g/mol. The molecule has 0 aliphatic rings. The molecule has 0 saturated heterocycles. The quantitative estimate of drug-likeness (QED) is 0.409. The second-order valence-electron chi connectivity index (χ2n) is 1.40. The molecule has 0 saturated carbocycles. The average molecular weight is 294 g/mol. The fourth-order valence-corrected chi connectivity index (χ4v) is 0.463. The van der Waals surface area contributed by atoms with Crippen LogP contribution in [0.3, 0.4) is 0 Å². The molecule has 0 bridgehead atoms. The molecule has 0 atom stereocenters. The Bertz CT molecular complexity index is 205. The summed E-state index contributed by atoms with van der Waals surface area (Å²) in [6.45, 7) is 0. The van der Waals surface area contributed by atoms with Gasteiger partial charge in [-0.1, -0.05) is 5.56 Å². The van der Waals surface area contributed by atoms with Crippen LogP contribution in [0.2, 0.25) is 0 Å². The van der Waals surface area contributed by atoms with E-state index in [-0.39, 0.29) is 0 Å². The Kier molecular flexibility index (Phi) is 7.22. The van der Waals surface area contributed by atoms with Crippen LogP contribution in [0.1, 0.15) is 5.56 Å². The Morgan fingerprint density at radius 1 is 1.60 bits per heavy atom. The molecule has 46 valence electrons. The summed E-state index contributed by atoms with van der Waals surface area (Å²) in [4.78, 5) is 0. The van der Waals surface area contributed by atoms with Crippen LogP contribution < -0.4 is 0 Å². The van der Waals surface area contributed by atoms with Gasteiger partial charge in [0.15, 0.2) is 0 Å². The summed E-state index contributed by atoms with van der Waals surface area (Å²) in [6.07, 6.45) is 0. The van der Waals surface area contributed by atoms with E-state index < -0.39 is 0 Å². The molecule has 0 amide bonds. The average Bonchev–Trinajstić information content (AvgIpc) is 2.10. The molecule has 1 aromatic carbocycles. The zero-order chi connectivity index (χ0) is 7.82. The van der Waals surface area contributed by atoms with Crippen LogP contribution in [0, 0.1) is 17.4 Å². The van der Waals surface area contributed by atoms with Crippen LogP contribution >= 0.6 is 19.8 Å². The van der Waals surface area contributed by atoms with E-state index in [1.807, 2.05) is 6.07 Å². The van der Waals surface area contributed by atoms with Crippen molar-refractivity contribution in [1.82, 2.24) is 0 Å². The SMILES string of the molecule is N#Cc1c[c-]ccc1.[Zn+][I]. The summed E-state index contributed by atoms with van der Waals surface area (Å²) in [7, 11) is 0. The molecule has 0 spiro atoms. The van der Waals surface area contributed by atoms with E-state index in [1.54, 1.807) is 24.3 Å². The van der Waals surface area contributed by atoms with Crippen molar-refractivity contribution in [1.29, 1.82) is 5.26 Å². The second kappa shape index (κ2) is 7.17. The van der Waals surface area contributed by atoms with Crippen molar-refractivity contribution in [2.45, 2.75) is 0 Å². The zero-order valence-corrected chi connectivity index (χ0v) is 10.5. The van der Waals surface area contributed by atoms with Crippen molar-refractivity contribution < 1.29 is 14.8 Å². The first-order valence-electron chi connectivity index (χ1n) is 2.56. The summed E-state index contributed by atoms with van der Waals surface area (Å²) < 4.78 is 0. The van der Waals surface area contributed by atoms with Gasteiger partial charge in [-0.05, 0) is 0 Å². The van der Waals surface area contributed by atoms with Crippen molar-refractivity contribution in [3.05, 3.63) is 35.9 Å². The van der Waals surface area contributed by atoms with Gasteiger partial charge in [0.05, 0.1) is 0 Å². The molecule has 0 aromatic heterocycles. The summed E-state index contributed by atoms with van der Waals surface area (Å²) in [5.41, 5.74) is 0.660. The third-order valence-corrected chi connectivity index (χ3v) is 0.836. The van der Waals surface area contributed by atoms with E-state index >= 15 is 0 Å². The maximum atomic E-state index is 8.27. The topological polar surface area (TPSA) is 23.8 Å². The van der Waals surface area contributed by atoms with Gasteiger partial charge in [-0.2, -0.15) is 30.3 Å². The van der Waals surface area contributed by atoms with E-state index in [0.29, 0.717) is 5.56 Å². The van der Waals surface area contributed by atoms with Crippen molar-refractivity contribution in [3.63, 3.8) is 0 Å². The van der Waals surface area contributed by atoms with Crippen LogP contribution in [0.5, 0.6) is 0 Å². The van der Waals surface area contributed by atoms with Crippen LogP contribution in [-0.2, 0) is 14.8 Å². The first kappa shape index (κ1) is 10.1. The molecule has 1 rings (SSSR count). The Labute approximate surface area is 81.3 Å². The molecule has 0 fully saturated rings. The van der Waals surface area contributed by atoms with Crippen molar-refractivity contribution in [2.24, 2.45) is 0 Å². The Hall–Kier alpha value is 0.0634. The van der Waals surface area contributed by atoms with Crippen LogP contribution in [0.15, 0.2) is 24.3 Å². The molecule has 0 heterocycles. The Morgan fingerprint density at radius 3 is 2.60 bits per heavy atom. The number of hydrogen-bond acceptors (Lipinski definition) is 1. The molecule has 0 aliphatic heterocycles. The predicted octanol–water partition coefficient (Wildman–Crippen LogP) is 2.24. The van der Waals surface area contributed by atoms with Crippen LogP contribution in [-0.4, -0.2) is 0 Å². The van der Waals surface area contributed by atoms with Gasteiger partial charge < -0.3 is 0 Å². The fraction of sp³-hybridized carbons (Fsp3) is 0. The zero-order valence-electron chi connectivity index (χ0n) is 5.34. The number of hydrogen-bond donors (Lipinski definition) is 0. The van der Waals surface area contributed by atoms with Gasteiger partial charge in [-0.3, -0.25) is 0 Å². The minimum atomic E-state index is 0.660. The summed E-state index contributed by atoms with van der Waals surface area (Å²) >= 11 is 3.62. The Morgan fingerprint density at radius 2 is 2.30 bits per heavy atom. The molecule has 3 heteroatoms. The number of nitrogens with zero attached hydrogens (tertiary/aromatic N) is 1. The molecule has 10 heavy (non-hydrogen) atoms. The molecule has 0 unspecified atom stereocenters. The Balaban J connectivity index is 0.000000371. The standard InChI is InChI=1S/C7H4N.HI.Zn/c8-6-7-4-2-1-3-5-7;;/h1-2,4-5H;1H;/q-1;;+2/p-1. The van der Waals surface area contributed by atoms with Gasteiger partial charge in [-0.15, -0.1) is 0 Å². The van der Waals surface area contributed by atoms with Gasteiger partial charge in [-0.25, -0.2) is 5.26 Å². The first-order valence-corrected chi connectivity index (χ1v) is 11.6. The van der Waals surface area contributed by atoms with E-state index in [2.05, 4.69) is 25.8 Å². The van der Waals surface area contributed by atoms with Gasteiger partial charge >= 0.3 is 34.5 Å². The molecule has 0 N–H and O–H groups in total. The van der Waals surface area contributed by atoms with E-state index in [1.165, 1.54) is 14.8 Å². The van der Waals surface area contributed by atoms with E-state index in [9.17, 15) is 0 Å². The summed E-state index contributed by atoms with van der Waals surface area (Å²) in [5, 5.41) is 8.27. The predicted molar refractivity (Wildman–Crippen MR) is 44.0 cm³/mol. The second-order valence-corrected chi connectivity index (χ2v) is 1.40. The van der Waals surface area contributed by atoms with Crippen molar-refractivity contribution >= 4 is 19.8 Å². The minimum absolute atomic E-state index is 0.660. The fourth-order valence-electron chi connectivity index (χ4n) is 0.463. The van der Waals surface area contributed by atoms with Gasteiger partial charge in [0.1, 0.15) is 0 Å². The molecule has 1 aromatic rings. The third-order valence-electron chi connectivity index (χ3n) is 0.836. The number of rotatable bonds is 0. The molecule has 0 aliphatic carbocycles. The normalized spacial score (nSPS) is 7.00. The van der Waals surface area contributed by atoms with Crippen LogP contribution in [0.4, 0.5) is 0 Å². The van der Waals surface area contributed by atoms with E-state index in [4.69, 9.17) is 5.26 Å². The summed E-state index contributed by atoms with van der Waals surface area (Å²) in [6, 6.07) is 11.7. The van der Waals surface area contributed by atoms with Crippen molar-refractivity contribution in [2.75, 3.05) is 0 Å². The number of nitriles is 1. The van der Waals surface area contributed by atoms with Crippen LogP contribution in [0.25, 0.3) is 0 Å². The molecule has 1 nitrogen and oxygen atoms in total. The van der Waals surface area contributed by atoms with E-state index in [0.717, 1.165) is 0 Å². The molecular formula is C7H4INZn. The van der Waals surface area contributed by atoms with Crippen molar-refractivity contribution in [3.8, 4) is 6.07 Å². The van der Waals surface area contributed by atoms with Gasteiger partial charge in [0, 0.05) is 6.07 Å². The third kappa shape index (κ3) is 3.97. The first-order chi connectivity index (χ1) is 4.93. The number of halogens is 1. The number of benzene rings is 1. The van der Waals surface area contributed by atoms with Gasteiger partial charge in [0.2, 0.25) is 0 Å². The summed E-state index contributed by atoms with van der Waals surface area (Å²) in [5.74, 6) is 0. The maximum absolute atomic E-state index is 8.27. The molecule has 0 radical (unpaired) electrons.